The number of benzene rings is 1. The van der Waals surface area contributed by atoms with Gasteiger partial charge in [0.15, 0.2) is 6.04 Å². The maximum absolute atomic E-state index is 12.9. The molecule has 0 radical (unpaired) electrons. The van der Waals surface area contributed by atoms with E-state index in [-0.39, 0.29) is 19.8 Å². The Kier molecular flexibility index (Phi) is 11.1. The van der Waals surface area contributed by atoms with E-state index in [4.69, 9.17) is 23.7 Å². The zero-order valence-electron chi connectivity index (χ0n) is 19.7. The average molecular weight is 462 g/mol. The third kappa shape index (κ3) is 9.37. The molecule has 0 aliphatic carbocycles. The lowest BCUT2D eigenvalue weighted by Crippen LogP contribution is -2.47. The molecule has 1 saturated heterocycles. The Hall–Kier alpha value is -2.68. The van der Waals surface area contributed by atoms with Crippen LogP contribution in [-0.2, 0) is 35.1 Å². The summed E-state index contributed by atoms with van der Waals surface area (Å²) in [7, 11) is 0. The Morgan fingerprint density at radius 1 is 1.09 bits per heavy atom. The molecule has 1 aliphatic heterocycles. The number of hydrogen-bond donors (Lipinski definition) is 1. The van der Waals surface area contributed by atoms with E-state index in [1.165, 1.54) is 0 Å². The van der Waals surface area contributed by atoms with Gasteiger partial charge in [-0.05, 0) is 25.8 Å². The van der Waals surface area contributed by atoms with Crippen LogP contribution in [0.3, 0.4) is 0 Å². The topological polar surface area (TPSA) is 92.3 Å². The summed E-state index contributed by atoms with van der Waals surface area (Å²) in [5.41, 5.74) is 2.51. The number of carbonyl (C=O) groups excluding carboxylic acids is 2. The molecule has 0 spiro atoms. The lowest BCUT2D eigenvalue weighted by atomic mass is 10.1. The number of carbonyl (C=O) groups is 2. The zero-order valence-corrected chi connectivity index (χ0v) is 19.7. The van der Waals surface area contributed by atoms with Crippen molar-refractivity contribution < 1.29 is 33.3 Å². The first-order chi connectivity index (χ1) is 15.8. The zero-order chi connectivity index (χ0) is 24.2. The van der Waals surface area contributed by atoms with Crippen molar-refractivity contribution in [1.29, 1.82) is 0 Å². The highest BCUT2D eigenvalue weighted by atomic mass is 16.6. The predicted molar refractivity (Wildman–Crippen MR) is 124 cm³/mol. The van der Waals surface area contributed by atoms with Crippen LogP contribution >= 0.6 is 0 Å². The first-order valence-electron chi connectivity index (χ1n) is 11.1. The minimum absolute atomic E-state index is 0.0838. The minimum atomic E-state index is -1.02. The van der Waals surface area contributed by atoms with E-state index < -0.39 is 36.4 Å². The lowest BCUT2D eigenvalue weighted by molar-refractivity contribution is -0.168. The van der Waals surface area contributed by atoms with Crippen LogP contribution in [0.15, 0.2) is 54.6 Å². The molecule has 1 aliphatic rings. The third-order valence-electron chi connectivity index (χ3n) is 4.82. The molecule has 8 heteroatoms. The van der Waals surface area contributed by atoms with Crippen LogP contribution in [0.5, 0.6) is 0 Å². The largest absolute Gasteiger partial charge is 0.458 e. The van der Waals surface area contributed by atoms with Gasteiger partial charge in [0.25, 0.3) is 0 Å². The number of ether oxygens (including phenoxy) is 5. The molecule has 4 unspecified atom stereocenters. The SMILES string of the molecule is C=C(C)COC1COCC(NC(=O)OCc2ccccc2)C(=O)OC(CC)C1OCC(=C)C. The van der Waals surface area contributed by atoms with Gasteiger partial charge < -0.3 is 29.0 Å². The predicted octanol–water partition coefficient (Wildman–Crippen LogP) is 3.56. The number of hydrogen-bond acceptors (Lipinski definition) is 7. The molecular weight excluding hydrogens is 426 g/mol. The molecule has 182 valence electrons. The molecule has 1 aromatic carbocycles. The van der Waals surface area contributed by atoms with E-state index in [9.17, 15) is 9.59 Å². The molecule has 1 N–H and O–H groups in total. The van der Waals surface area contributed by atoms with Crippen LogP contribution in [0.2, 0.25) is 0 Å². The Morgan fingerprint density at radius 2 is 1.76 bits per heavy atom. The molecular formula is C25H35NO7. The van der Waals surface area contributed by atoms with Gasteiger partial charge in [-0.2, -0.15) is 0 Å². The van der Waals surface area contributed by atoms with Crippen molar-refractivity contribution in [1.82, 2.24) is 5.32 Å². The van der Waals surface area contributed by atoms with Crippen LogP contribution in [0.25, 0.3) is 0 Å². The second-order valence-electron chi connectivity index (χ2n) is 8.22. The first kappa shape index (κ1) is 26.6. The van der Waals surface area contributed by atoms with Gasteiger partial charge in [-0.1, -0.05) is 61.6 Å². The molecule has 2 rings (SSSR count). The maximum atomic E-state index is 12.9. The maximum Gasteiger partial charge on any atom is 0.408 e. The third-order valence-corrected chi connectivity index (χ3v) is 4.82. The van der Waals surface area contributed by atoms with E-state index in [0.717, 1.165) is 16.7 Å². The van der Waals surface area contributed by atoms with Crippen LogP contribution in [-0.4, -0.2) is 62.8 Å². The molecule has 33 heavy (non-hydrogen) atoms. The van der Waals surface area contributed by atoms with Gasteiger partial charge in [0.2, 0.25) is 0 Å². The highest BCUT2D eigenvalue weighted by Gasteiger charge is 2.37. The van der Waals surface area contributed by atoms with Crippen LogP contribution < -0.4 is 5.32 Å². The molecule has 0 aromatic heterocycles. The van der Waals surface area contributed by atoms with Crippen molar-refractivity contribution in [3.05, 3.63) is 60.2 Å². The Balaban J connectivity index is 2.07. The van der Waals surface area contributed by atoms with Gasteiger partial charge in [-0.15, -0.1) is 0 Å². The summed E-state index contributed by atoms with van der Waals surface area (Å²) in [5.74, 6) is -0.622. The molecule has 1 aromatic rings. The van der Waals surface area contributed by atoms with Gasteiger partial charge in [0, 0.05) is 0 Å². The fourth-order valence-corrected chi connectivity index (χ4v) is 3.17. The van der Waals surface area contributed by atoms with Crippen LogP contribution in [0.1, 0.15) is 32.8 Å². The normalized spacial score (nSPS) is 23.4. The second-order valence-corrected chi connectivity index (χ2v) is 8.22. The molecule has 1 fully saturated rings. The summed E-state index contributed by atoms with van der Waals surface area (Å²) in [4.78, 5) is 25.1. The van der Waals surface area contributed by atoms with E-state index in [2.05, 4.69) is 18.5 Å². The summed E-state index contributed by atoms with van der Waals surface area (Å²) in [6.45, 7) is 14.1. The van der Waals surface area contributed by atoms with E-state index >= 15 is 0 Å². The van der Waals surface area contributed by atoms with E-state index in [0.29, 0.717) is 19.6 Å². The van der Waals surface area contributed by atoms with Crippen molar-refractivity contribution in [2.24, 2.45) is 0 Å². The van der Waals surface area contributed by atoms with Gasteiger partial charge >= 0.3 is 12.1 Å². The van der Waals surface area contributed by atoms with Crippen LogP contribution in [0.4, 0.5) is 4.79 Å². The summed E-state index contributed by atoms with van der Waals surface area (Å²) >= 11 is 0. The van der Waals surface area contributed by atoms with Gasteiger partial charge in [-0.25, -0.2) is 9.59 Å². The molecule has 4 atom stereocenters. The standard InChI is InChI=1S/C25H35NO7/c1-6-21-23(31-13-18(4)5)22(30-12-17(2)3)16-29-15-20(24(27)33-21)26-25(28)32-14-19-10-8-7-9-11-19/h7-11,20-23H,2,4,6,12-16H2,1,3,5H3,(H,26,28). The quantitative estimate of drug-likeness (QED) is 0.421. The average Bonchev–Trinajstić information content (AvgIpc) is 2.84. The highest BCUT2D eigenvalue weighted by Crippen LogP contribution is 2.20. The first-order valence-corrected chi connectivity index (χ1v) is 11.1. The van der Waals surface area contributed by atoms with Gasteiger partial charge in [0.05, 0.1) is 26.4 Å². The molecule has 1 amide bonds. The van der Waals surface area contributed by atoms with Gasteiger partial charge in [0.1, 0.15) is 24.9 Å². The monoisotopic (exact) mass is 461 g/mol. The summed E-state index contributed by atoms with van der Waals surface area (Å²) in [5, 5.41) is 2.54. The van der Waals surface area contributed by atoms with Crippen molar-refractivity contribution in [3.8, 4) is 0 Å². The Bertz CT molecular complexity index is 795. The van der Waals surface area contributed by atoms with E-state index in [1.54, 1.807) is 0 Å². The van der Waals surface area contributed by atoms with Crippen molar-refractivity contribution in [3.63, 3.8) is 0 Å². The lowest BCUT2D eigenvalue weighted by Gasteiger charge is -2.32. The summed E-state index contributed by atoms with van der Waals surface area (Å²) < 4.78 is 28.7. The van der Waals surface area contributed by atoms with Crippen molar-refractivity contribution in [2.75, 3.05) is 26.4 Å². The number of alkyl carbamates (subject to hydrolysis) is 1. The number of rotatable bonds is 10. The fraction of sp³-hybridized carbons (Fsp3) is 0.520. The van der Waals surface area contributed by atoms with E-state index in [1.807, 2.05) is 51.1 Å². The minimum Gasteiger partial charge on any atom is -0.458 e. The molecule has 1 heterocycles. The highest BCUT2D eigenvalue weighted by molar-refractivity contribution is 5.81. The van der Waals surface area contributed by atoms with Crippen LogP contribution in [0, 0.1) is 0 Å². The fourth-order valence-electron chi connectivity index (χ4n) is 3.17. The van der Waals surface area contributed by atoms with Crippen molar-refractivity contribution >= 4 is 12.1 Å². The number of esters is 1. The number of amides is 1. The molecule has 0 bridgehead atoms. The Labute approximate surface area is 195 Å². The van der Waals surface area contributed by atoms with Gasteiger partial charge in [-0.3, -0.25) is 0 Å². The second kappa shape index (κ2) is 13.8. The number of nitrogens with one attached hydrogen (secondary N) is 1. The summed E-state index contributed by atoms with van der Waals surface area (Å²) in [6, 6.07) is 8.23. The smallest absolute Gasteiger partial charge is 0.408 e. The Morgan fingerprint density at radius 3 is 2.39 bits per heavy atom. The molecule has 8 nitrogen and oxygen atoms in total. The molecule has 0 saturated carbocycles. The van der Waals surface area contributed by atoms with Crippen molar-refractivity contribution in [2.45, 2.75) is 58.2 Å². The summed E-state index contributed by atoms with van der Waals surface area (Å²) in [6.07, 6.45) is -1.91. The number of cyclic esters (lactones) is 1.